The highest BCUT2D eigenvalue weighted by atomic mass is 16.7. The lowest BCUT2D eigenvalue weighted by Gasteiger charge is -2.29. The second kappa shape index (κ2) is 13.3. The molecule has 0 bridgehead atoms. The summed E-state index contributed by atoms with van der Waals surface area (Å²) in [5, 5.41) is 0. The Morgan fingerprint density at radius 1 is 0.864 bits per heavy atom. The Morgan fingerprint density at radius 2 is 1.41 bits per heavy atom. The van der Waals surface area contributed by atoms with Gasteiger partial charge in [0.15, 0.2) is 6.29 Å². The van der Waals surface area contributed by atoms with Crippen molar-refractivity contribution in [2.24, 2.45) is 17.1 Å². The molecule has 1 unspecified atom stereocenters. The van der Waals surface area contributed by atoms with E-state index in [2.05, 4.69) is 20.8 Å². The van der Waals surface area contributed by atoms with E-state index in [-0.39, 0.29) is 11.7 Å². The van der Waals surface area contributed by atoms with E-state index in [1.54, 1.807) is 14.2 Å². The molecule has 0 rings (SSSR count). The lowest BCUT2D eigenvalue weighted by Crippen LogP contribution is -2.29. The maximum atomic E-state index is 5.85. The fraction of sp³-hybridized carbons (Fsp3) is 1.00. The molecule has 0 amide bonds. The van der Waals surface area contributed by atoms with Gasteiger partial charge in [0.25, 0.3) is 0 Å². The van der Waals surface area contributed by atoms with Crippen LogP contribution in [0.1, 0.15) is 85.0 Å². The maximum Gasteiger partial charge on any atom is 0.159 e. The van der Waals surface area contributed by atoms with Gasteiger partial charge < -0.3 is 15.2 Å². The van der Waals surface area contributed by atoms with Gasteiger partial charge in [0, 0.05) is 20.1 Å². The highest BCUT2D eigenvalue weighted by Gasteiger charge is 2.24. The van der Waals surface area contributed by atoms with E-state index >= 15 is 0 Å². The van der Waals surface area contributed by atoms with Crippen LogP contribution in [-0.4, -0.2) is 27.1 Å². The van der Waals surface area contributed by atoms with Gasteiger partial charge >= 0.3 is 0 Å². The van der Waals surface area contributed by atoms with Crippen molar-refractivity contribution in [2.45, 2.75) is 91.3 Å². The van der Waals surface area contributed by atoms with E-state index in [0.717, 1.165) is 19.4 Å². The van der Waals surface area contributed by atoms with Crippen LogP contribution in [0.3, 0.4) is 0 Å². The predicted molar refractivity (Wildman–Crippen MR) is 96.0 cm³/mol. The molecule has 0 aliphatic heterocycles. The first-order valence-electron chi connectivity index (χ1n) is 9.26. The van der Waals surface area contributed by atoms with Crippen LogP contribution < -0.4 is 5.73 Å². The summed E-state index contributed by atoms with van der Waals surface area (Å²) in [5.41, 5.74) is 6.06. The molecular formula is C19H41NO2. The largest absolute Gasteiger partial charge is 0.356 e. The zero-order valence-corrected chi connectivity index (χ0v) is 15.8. The van der Waals surface area contributed by atoms with Crippen LogP contribution in [0.4, 0.5) is 0 Å². The van der Waals surface area contributed by atoms with Crippen molar-refractivity contribution in [1.82, 2.24) is 0 Å². The van der Waals surface area contributed by atoms with Gasteiger partial charge in [0.1, 0.15) is 0 Å². The first kappa shape index (κ1) is 21.9. The second-order valence-corrected chi connectivity index (χ2v) is 7.42. The van der Waals surface area contributed by atoms with E-state index in [9.17, 15) is 0 Å². The normalized spacial score (nSPS) is 13.8. The molecule has 134 valence electrons. The molecule has 0 saturated carbocycles. The Bertz CT molecular complexity index is 240. The van der Waals surface area contributed by atoms with Crippen LogP contribution in [0.15, 0.2) is 0 Å². The molecule has 0 aromatic heterocycles. The number of unbranched alkanes of at least 4 members (excludes halogenated alkanes) is 6. The van der Waals surface area contributed by atoms with Crippen molar-refractivity contribution in [2.75, 3.05) is 20.8 Å². The summed E-state index contributed by atoms with van der Waals surface area (Å²) in [6.07, 6.45) is 12.8. The lowest BCUT2D eigenvalue weighted by atomic mass is 9.83. The molecule has 0 heterocycles. The van der Waals surface area contributed by atoms with Gasteiger partial charge in [0.2, 0.25) is 0 Å². The highest BCUT2D eigenvalue weighted by Crippen LogP contribution is 2.29. The Hall–Kier alpha value is -0.120. The molecule has 0 spiro atoms. The number of hydrogen-bond donors (Lipinski definition) is 1. The van der Waals surface area contributed by atoms with Crippen LogP contribution in [-0.2, 0) is 9.47 Å². The standard InChI is InChI=1S/C19H41NO2/c1-6-7-8-9-10-11-12-13-17(18(21-4)22-5)14-15-19(2,3)16-20/h17-18H,6-16,20H2,1-5H3. The Kier molecular flexibility index (Phi) is 13.3. The molecule has 0 fully saturated rings. The van der Waals surface area contributed by atoms with E-state index in [0.29, 0.717) is 5.92 Å². The third-order valence-electron chi connectivity index (χ3n) is 4.77. The lowest BCUT2D eigenvalue weighted by molar-refractivity contribution is -0.142. The summed E-state index contributed by atoms with van der Waals surface area (Å²) in [4.78, 5) is 0. The number of hydrogen-bond acceptors (Lipinski definition) is 3. The van der Waals surface area contributed by atoms with Gasteiger partial charge in [-0.1, -0.05) is 65.7 Å². The van der Waals surface area contributed by atoms with Gasteiger partial charge in [-0.25, -0.2) is 0 Å². The molecule has 1 atom stereocenters. The van der Waals surface area contributed by atoms with E-state index < -0.39 is 0 Å². The zero-order valence-electron chi connectivity index (χ0n) is 15.8. The van der Waals surface area contributed by atoms with Crippen LogP contribution in [0.5, 0.6) is 0 Å². The molecule has 0 radical (unpaired) electrons. The van der Waals surface area contributed by atoms with Crippen molar-refractivity contribution in [1.29, 1.82) is 0 Å². The molecule has 3 heteroatoms. The minimum Gasteiger partial charge on any atom is -0.356 e. The number of nitrogens with two attached hydrogens (primary N) is 1. The third kappa shape index (κ3) is 10.6. The topological polar surface area (TPSA) is 44.5 Å². The fourth-order valence-electron chi connectivity index (χ4n) is 2.94. The minimum atomic E-state index is -0.0753. The van der Waals surface area contributed by atoms with Crippen LogP contribution >= 0.6 is 0 Å². The Morgan fingerprint density at radius 3 is 1.91 bits per heavy atom. The van der Waals surface area contributed by atoms with Crippen LogP contribution in [0.2, 0.25) is 0 Å². The fourth-order valence-corrected chi connectivity index (χ4v) is 2.94. The number of methoxy groups -OCH3 is 2. The quantitative estimate of drug-likeness (QED) is 0.337. The summed E-state index contributed by atoms with van der Waals surface area (Å²) in [7, 11) is 3.50. The molecule has 3 nitrogen and oxygen atoms in total. The van der Waals surface area contributed by atoms with Gasteiger partial charge in [-0.3, -0.25) is 0 Å². The molecule has 22 heavy (non-hydrogen) atoms. The minimum absolute atomic E-state index is 0.0753. The molecule has 2 N–H and O–H groups in total. The first-order chi connectivity index (χ1) is 10.5. The average molecular weight is 316 g/mol. The van der Waals surface area contributed by atoms with Crippen molar-refractivity contribution < 1.29 is 9.47 Å². The number of rotatable bonds is 15. The Labute approximate surface area is 139 Å². The summed E-state index contributed by atoms with van der Waals surface area (Å²) in [6.45, 7) is 7.49. The first-order valence-corrected chi connectivity index (χ1v) is 9.26. The van der Waals surface area contributed by atoms with E-state index in [4.69, 9.17) is 15.2 Å². The average Bonchev–Trinajstić information content (AvgIpc) is 2.52. The summed E-state index contributed by atoms with van der Waals surface area (Å²) < 4.78 is 11.0. The molecule has 0 aromatic rings. The zero-order chi connectivity index (χ0) is 16.8. The monoisotopic (exact) mass is 315 g/mol. The molecular weight excluding hydrogens is 274 g/mol. The number of ether oxygens (including phenoxy) is 2. The molecule has 0 saturated heterocycles. The summed E-state index contributed by atoms with van der Waals surface area (Å²) in [5.74, 6) is 0.483. The molecule has 0 aromatic carbocycles. The van der Waals surface area contributed by atoms with Gasteiger partial charge in [-0.2, -0.15) is 0 Å². The van der Waals surface area contributed by atoms with Gasteiger partial charge in [-0.05, 0) is 31.2 Å². The molecule has 0 aliphatic rings. The summed E-state index contributed by atoms with van der Waals surface area (Å²) in [6, 6.07) is 0. The van der Waals surface area contributed by atoms with Crippen molar-refractivity contribution >= 4 is 0 Å². The predicted octanol–water partition coefficient (Wildman–Crippen LogP) is 5.13. The summed E-state index contributed by atoms with van der Waals surface area (Å²) >= 11 is 0. The van der Waals surface area contributed by atoms with E-state index in [1.807, 2.05) is 0 Å². The van der Waals surface area contributed by atoms with Crippen LogP contribution in [0.25, 0.3) is 0 Å². The highest BCUT2D eigenvalue weighted by molar-refractivity contribution is 4.73. The van der Waals surface area contributed by atoms with Gasteiger partial charge in [-0.15, -0.1) is 0 Å². The third-order valence-corrected chi connectivity index (χ3v) is 4.77. The smallest absolute Gasteiger partial charge is 0.159 e. The molecule has 0 aliphatic carbocycles. The SMILES string of the molecule is CCCCCCCCCC(CCC(C)(C)CN)C(OC)OC. The van der Waals surface area contributed by atoms with Crippen LogP contribution in [0, 0.1) is 11.3 Å². The van der Waals surface area contributed by atoms with Crippen molar-refractivity contribution in [3.05, 3.63) is 0 Å². The van der Waals surface area contributed by atoms with Crippen molar-refractivity contribution in [3.63, 3.8) is 0 Å². The Balaban J connectivity index is 4.09. The second-order valence-electron chi connectivity index (χ2n) is 7.42. The van der Waals surface area contributed by atoms with Crippen molar-refractivity contribution in [3.8, 4) is 0 Å². The van der Waals surface area contributed by atoms with E-state index in [1.165, 1.54) is 51.4 Å². The maximum absolute atomic E-state index is 5.85. The van der Waals surface area contributed by atoms with Gasteiger partial charge in [0.05, 0.1) is 0 Å².